The van der Waals surface area contributed by atoms with Crippen molar-refractivity contribution < 1.29 is 11.7 Å². The van der Waals surface area contributed by atoms with Crippen LogP contribution < -0.4 is 4.57 Å². The highest BCUT2D eigenvalue weighted by Gasteiger charge is 2.35. The number of nitrogens with zero attached hydrogens (tertiary/aromatic N) is 1. The van der Waals surface area contributed by atoms with Gasteiger partial charge in [-0.25, -0.2) is 4.57 Å². The van der Waals surface area contributed by atoms with Crippen molar-refractivity contribution in [3.8, 4) is 22.4 Å². The minimum Gasteiger partial charge on any atom is -0.454 e. The van der Waals surface area contributed by atoms with E-state index in [9.17, 15) is 2.74 Å². The highest BCUT2D eigenvalue weighted by Crippen LogP contribution is 2.48. The Bertz CT molecular complexity index is 1770. The summed E-state index contributed by atoms with van der Waals surface area (Å²) in [5, 5.41) is 2.14. The molecule has 1 aliphatic carbocycles. The minimum atomic E-state index is -1.42. The minimum absolute atomic E-state index is 0.0870. The summed E-state index contributed by atoms with van der Waals surface area (Å²) in [6.45, 7) is 13.4. The first-order chi connectivity index (χ1) is 18.3. The van der Waals surface area contributed by atoms with Gasteiger partial charge in [-0.15, -0.1) is 0 Å². The molecule has 37 heavy (non-hydrogen) atoms. The molecule has 2 heteroatoms. The van der Waals surface area contributed by atoms with Gasteiger partial charge >= 0.3 is 0 Å². The first-order valence-electron chi connectivity index (χ1n) is 14.4. The maximum absolute atomic E-state index is 9.22. The second-order valence-electron chi connectivity index (χ2n) is 12.3. The zero-order valence-corrected chi connectivity index (χ0v) is 23.1. The maximum atomic E-state index is 9.22. The first kappa shape index (κ1) is 21.7. The Labute approximate surface area is 223 Å². The van der Waals surface area contributed by atoms with Gasteiger partial charge in [-0.05, 0) is 70.9 Å². The van der Waals surface area contributed by atoms with Crippen LogP contribution >= 0.6 is 0 Å². The summed E-state index contributed by atoms with van der Waals surface area (Å²) in [6, 6.07) is 21.3. The van der Waals surface area contributed by atoms with Crippen LogP contribution in [0.5, 0.6) is 0 Å². The molecular weight excluding hydrogens is 450 g/mol. The molecule has 0 unspecified atom stereocenters. The molecule has 0 atom stereocenters. The number of fused-ring (bicyclic) bond motifs is 4. The SMILES string of the molecule is [2H]C1([2H])CCC(C)(C)c2c(C(C)(C)C)ccc(-c3cccc4c3oc3c(-c5cccc[n+]5C)c(C)ccc34)c21. The highest BCUT2D eigenvalue weighted by molar-refractivity contribution is 6.13. The molecule has 0 N–H and O–H groups in total. The van der Waals surface area contributed by atoms with E-state index in [1.54, 1.807) is 0 Å². The van der Waals surface area contributed by atoms with Crippen molar-refractivity contribution in [2.75, 3.05) is 0 Å². The summed E-state index contributed by atoms with van der Waals surface area (Å²) in [5.41, 5.74) is 10.0. The Morgan fingerprint density at radius 2 is 1.68 bits per heavy atom. The van der Waals surface area contributed by atoms with E-state index in [4.69, 9.17) is 4.42 Å². The Morgan fingerprint density at radius 3 is 2.43 bits per heavy atom. The monoisotopic (exact) mass is 490 g/mol. The summed E-state index contributed by atoms with van der Waals surface area (Å²) < 4.78 is 27.4. The van der Waals surface area contributed by atoms with Gasteiger partial charge in [0.05, 0.1) is 5.56 Å². The van der Waals surface area contributed by atoms with Crippen LogP contribution in [0.1, 0.15) is 72.5 Å². The standard InChI is InChI=1S/C35H38NO/c1-22-16-17-27-26-13-10-12-25(32(26)37-33(27)30(22)29-15-8-9-21-36(29)7)23-18-19-28(34(2,3)4)31-24(23)14-11-20-35(31,5)6/h8-10,12-13,15-19,21H,11,14,20H2,1-7H3/q+1/i14D2. The van der Waals surface area contributed by atoms with Crippen LogP contribution in [0.3, 0.4) is 0 Å². The van der Waals surface area contributed by atoms with Gasteiger partial charge in [-0.1, -0.05) is 77.1 Å². The van der Waals surface area contributed by atoms with Crippen LogP contribution in [-0.4, -0.2) is 0 Å². The largest absolute Gasteiger partial charge is 0.454 e. The topological polar surface area (TPSA) is 17.0 Å². The maximum Gasteiger partial charge on any atom is 0.216 e. The first-order valence-corrected chi connectivity index (χ1v) is 13.4. The predicted molar refractivity (Wildman–Crippen MR) is 155 cm³/mol. The molecule has 188 valence electrons. The molecule has 2 nitrogen and oxygen atoms in total. The summed E-state index contributed by atoms with van der Waals surface area (Å²) in [7, 11) is 2.06. The Hall–Kier alpha value is -3.39. The number of benzene rings is 3. The molecule has 0 amide bonds. The predicted octanol–water partition coefficient (Wildman–Crippen LogP) is 8.96. The third kappa shape index (κ3) is 3.72. The molecule has 0 saturated carbocycles. The number of para-hydroxylation sites is 1. The number of pyridine rings is 1. The zero-order chi connectivity index (χ0) is 27.9. The van der Waals surface area contributed by atoms with E-state index in [0.29, 0.717) is 6.42 Å². The van der Waals surface area contributed by atoms with Gasteiger partial charge in [0, 0.05) is 31.2 Å². The van der Waals surface area contributed by atoms with E-state index in [-0.39, 0.29) is 10.8 Å². The zero-order valence-electron chi connectivity index (χ0n) is 25.1. The van der Waals surface area contributed by atoms with Gasteiger partial charge in [0.2, 0.25) is 5.69 Å². The third-order valence-electron chi connectivity index (χ3n) is 8.22. The second-order valence-corrected chi connectivity index (χ2v) is 12.3. The lowest BCUT2D eigenvalue weighted by molar-refractivity contribution is -0.660. The molecular formula is C35H38NO+. The number of hydrogen-bond donors (Lipinski definition) is 0. The fourth-order valence-electron chi connectivity index (χ4n) is 6.24. The molecule has 0 aliphatic heterocycles. The van der Waals surface area contributed by atoms with E-state index in [0.717, 1.165) is 61.9 Å². The van der Waals surface area contributed by atoms with Gasteiger partial charge in [-0.3, -0.25) is 0 Å². The molecule has 5 aromatic rings. The lowest BCUT2D eigenvalue weighted by Crippen LogP contribution is -2.30. The summed E-state index contributed by atoms with van der Waals surface area (Å²) in [4.78, 5) is 0. The Kier molecular flexibility index (Phi) is 4.87. The van der Waals surface area contributed by atoms with Gasteiger partial charge < -0.3 is 4.42 Å². The average molecular weight is 491 g/mol. The molecule has 1 aliphatic rings. The summed E-state index contributed by atoms with van der Waals surface area (Å²) in [6.07, 6.45) is 1.98. The summed E-state index contributed by atoms with van der Waals surface area (Å²) >= 11 is 0. The molecule has 0 saturated heterocycles. The summed E-state index contributed by atoms with van der Waals surface area (Å²) in [5.74, 6) is 0. The third-order valence-corrected chi connectivity index (χ3v) is 8.22. The van der Waals surface area contributed by atoms with Gasteiger partial charge in [0.15, 0.2) is 6.20 Å². The van der Waals surface area contributed by atoms with E-state index in [1.165, 1.54) is 11.1 Å². The molecule has 0 radical (unpaired) electrons. The lowest BCUT2D eigenvalue weighted by Gasteiger charge is -2.39. The smallest absolute Gasteiger partial charge is 0.216 e. The molecule has 0 spiro atoms. The van der Waals surface area contributed by atoms with E-state index in [2.05, 4.69) is 114 Å². The quantitative estimate of drug-likeness (QED) is 0.226. The van der Waals surface area contributed by atoms with Crippen LogP contribution in [0.15, 0.2) is 71.3 Å². The van der Waals surface area contributed by atoms with Gasteiger partial charge in [0.25, 0.3) is 0 Å². The Balaban J connectivity index is 1.71. The van der Waals surface area contributed by atoms with E-state index in [1.807, 2.05) is 6.07 Å². The molecule has 0 fully saturated rings. The van der Waals surface area contributed by atoms with Crippen LogP contribution in [0.25, 0.3) is 44.3 Å². The number of furan rings is 1. The van der Waals surface area contributed by atoms with Crippen molar-refractivity contribution in [1.29, 1.82) is 0 Å². The van der Waals surface area contributed by atoms with Crippen LogP contribution in [-0.2, 0) is 24.3 Å². The number of aromatic nitrogens is 1. The van der Waals surface area contributed by atoms with Crippen molar-refractivity contribution >= 4 is 21.9 Å². The highest BCUT2D eigenvalue weighted by atomic mass is 16.3. The average Bonchev–Trinajstić information content (AvgIpc) is 3.25. The van der Waals surface area contributed by atoms with Crippen molar-refractivity contribution in [1.82, 2.24) is 0 Å². The fourth-order valence-corrected chi connectivity index (χ4v) is 6.24. The molecule has 2 heterocycles. The van der Waals surface area contributed by atoms with Crippen LogP contribution in [0, 0.1) is 6.92 Å². The van der Waals surface area contributed by atoms with Crippen molar-refractivity contribution in [3.63, 3.8) is 0 Å². The van der Waals surface area contributed by atoms with E-state index >= 15 is 0 Å². The lowest BCUT2D eigenvalue weighted by atomic mass is 9.65. The van der Waals surface area contributed by atoms with Crippen molar-refractivity contribution in [3.05, 3.63) is 89.1 Å². The second kappa shape index (κ2) is 8.31. The fraction of sp³-hybridized carbons (Fsp3) is 0.343. The molecule has 6 rings (SSSR count). The van der Waals surface area contributed by atoms with Crippen molar-refractivity contribution in [2.24, 2.45) is 7.05 Å². The van der Waals surface area contributed by atoms with Crippen LogP contribution in [0.2, 0.25) is 0 Å². The van der Waals surface area contributed by atoms with Crippen molar-refractivity contribution in [2.45, 2.75) is 71.6 Å². The normalized spacial score (nSPS) is 17.5. The molecule has 0 bridgehead atoms. The molecule has 3 aromatic carbocycles. The Morgan fingerprint density at radius 1 is 0.892 bits per heavy atom. The molecule has 2 aromatic heterocycles. The number of aryl methyl sites for hydroxylation is 2. The van der Waals surface area contributed by atoms with E-state index < -0.39 is 6.37 Å². The van der Waals surface area contributed by atoms with Crippen LogP contribution in [0.4, 0.5) is 0 Å². The number of rotatable bonds is 2. The van der Waals surface area contributed by atoms with Gasteiger partial charge in [0.1, 0.15) is 18.2 Å². The number of hydrogen-bond acceptors (Lipinski definition) is 1. The van der Waals surface area contributed by atoms with Gasteiger partial charge in [-0.2, -0.15) is 0 Å².